The quantitative estimate of drug-likeness (QED) is 0.223. The molecule has 1 saturated heterocycles. The van der Waals surface area contributed by atoms with E-state index in [2.05, 4.69) is 53.4 Å². The number of anilines is 1. The van der Waals surface area contributed by atoms with Crippen molar-refractivity contribution in [2.75, 3.05) is 37.8 Å². The zero-order valence-electron chi connectivity index (χ0n) is 27.0. The highest BCUT2D eigenvalue weighted by molar-refractivity contribution is 6.04. The minimum absolute atomic E-state index is 0.180. The van der Waals surface area contributed by atoms with Gasteiger partial charge in [0, 0.05) is 44.3 Å². The van der Waals surface area contributed by atoms with Crippen molar-refractivity contribution < 1.29 is 19.1 Å². The summed E-state index contributed by atoms with van der Waals surface area (Å²) in [5.41, 5.74) is 1.97. The summed E-state index contributed by atoms with van der Waals surface area (Å²) >= 11 is 0. The predicted octanol–water partition coefficient (Wildman–Crippen LogP) is 7.01. The number of allylic oxidation sites excluding steroid dienone is 3. The number of aldehydes is 1. The normalized spacial score (nSPS) is 16.5. The van der Waals surface area contributed by atoms with Crippen LogP contribution in [0.4, 0.5) is 10.6 Å². The molecule has 8 heteroatoms. The van der Waals surface area contributed by atoms with E-state index in [1.165, 1.54) is 0 Å². The average Bonchev–Trinajstić information content (AvgIpc) is 3.24. The van der Waals surface area contributed by atoms with Gasteiger partial charge in [0.2, 0.25) is 0 Å². The van der Waals surface area contributed by atoms with Crippen LogP contribution in [0.5, 0.6) is 0 Å². The highest BCUT2D eigenvalue weighted by Crippen LogP contribution is 2.33. The molecule has 0 radical (unpaired) electrons. The maximum atomic E-state index is 13.0. The lowest BCUT2D eigenvalue weighted by molar-refractivity contribution is -0.0645. The third-order valence-corrected chi connectivity index (χ3v) is 7.20. The van der Waals surface area contributed by atoms with Gasteiger partial charge in [-0.15, -0.1) is 0 Å². The van der Waals surface area contributed by atoms with Gasteiger partial charge < -0.3 is 18.9 Å². The molecule has 8 nitrogen and oxygen atoms in total. The number of piperazine rings is 1. The van der Waals surface area contributed by atoms with Crippen molar-refractivity contribution >= 4 is 29.1 Å². The fraction of sp³-hybridized carbons (Fsp3) is 0.529. The van der Waals surface area contributed by atoms with Crippen LogP contribution in [0.3, 0.4) is 0 Å². The fourth-order valence-corrected chi connectivity index (χ4v) is 5.09. The molecule has 42 heavy (non-hydrogen) atoms. The second-order valence-electron chi connectivity index (χ2n) is 12.7. The molecule has 1 unspecified atom stereocenters. The number of fused-ring (bicyclic) bond motifs is 1. The standard InChI is InChI=1S/C34H50N4O4/c1-10-18-37(32(40)42-34(7,8)9)26(3)27(11-2)15-14-19-38-30-17-13-12-16-28(30)29(24-39)31(38)36-22-20-35(21-23-36)25-41-33(4,5)6/h10-18,24,26H,19-23,25H2,1-9H3/b15-14-,18-10-,27-11+. The highest BCUT2D eigenvalue weighted by Gasteiger charge is 2.27. The third-order valence-electron chi connectivity index (χ3n) is 7.20. The number of hydrogen-bond acceptors (Lipinski definition) is 6. The molecule has 3 rings (SSSR count). The number of aromatic nitrogens is 1. The summed E-state index contributed by atoms with van der Waals surface area (Å²) in [6, 6.07) is 7.85. The van der Waals surface area contributed by atoms with Crippen molar-refractivity contribution in [2.24, 2.45) is 0 Å². The summed E-state index contributed by atoms with van der Waals surface area (Å²) in [6.07, 6.45) is 10.4. The largest absolute Gasteiger partial charge is 0.443 e. The molecule has 1 atom stereocenters. The Bertz CT molecular complexity index is 1300. The predicted molar refractivity (Wildman–Crippen MR) is 172 cm³/mol. The highest BCUT2D eigenvalue weighted by atomic mass is 16.6. The van der Waals surface area contributed by atoms with Gasteiger partial charge in [0.1, 0.15) is 11.4 Å². The first-order valence-electron chi connectivity index (χ1n) is 14.9. The minimum atomic E-state index is -0.587. The maximum Gasteiger partial charge on any atom is 0.414 e. The molecule has 1 aliphatic rings. The Morgan fingerprint density at radius 1 is 1.02 bits per heavy atom. The van der Waals surface area contributed by atoms with Gasteiger partial charge in [-0.2, -0.15) is 0 Å². The van der Waals surface area contributed by atoms with Crippen LogP contribution in [-0.4, -0.2) is 76.9 Å². The van der Waals surface area contributed by atoms with Crippen LogP contribution in [0, 0.1) is 0 Å². The number of nitrogens with zero attached hydrogens (tertiary/aromatic N) is 4. The molecule has 1 fully saturated rings. The van der Waals surface area contributed by atoms with Crippen LogP contribution in [0.15, 0.2) is 60.3 Å². The molecule has 1 aromatic heterocycles. The molecule has 1 aromatic carbocycles. The molecule has 0 bridgehead atoms. The van der Waals surface area contributed by atoms with Gasteiger partial charge in [0.05, 0.1) is 29.5 Å². The summed E-state index contributed by atoms with van der Waals surface area (Å²) in [7, 11) is 0. The molecule has 230 valence electrons. The van der Waals surface area contributed by atoms with Crippen LogP contribution in [-0.2, 0) is 16.0 Å². The van der Waals surface area contributed by atoms with E-state index in [-0.39, 0.29) is 17.7 Å². The van der Waals surface area contributed by atoms with E-state index in [1.54, 1.807) is 11.1 Å². The molecule has 0 saturated carbocycles. The van der Waals surface area contributed by atoms with E-state index in [4.69, 9.17) is 9.47 Å². The van der Waals surface area contributed by atoms with E-state index < -0.39 is 5.60 Å². The molecule has 1 aliphatic heterocycles. The van der Waals surface area contributed by atoms with E-state index in [0.717, 1.165) is 60.3 Å². The number of rotatable bonds is 10. The number of carbonyl (C=O) groups is 2. The molecular formula is C34H50N4O4. The number of amides is 1. The lowest BCUT2D eigenvalue weighted by atomic mass is 10.1. The Balaban J connectivity index is 1.86. The molecule has 2 aromatic rings. The summed E-state index contributed by atoms with van der Waals surface area (Å²) in [4.78, 5) is 31.7. The summed E-state index contributed by atoms with van der Waals surface area (Å²) in [5.74, 6) is 0.951. The van der Waals surface area contributed by atoms with Crippen molar-refractivity contribution in [3.05, 3.63) is 65.9 Å². The smallest absolute Gasteiger partial charge is 0.414 e. The number of para-hydroxylation sites is 1. The van der Waals surface area contributed by atoms with Crippen LogP contribution >= 0.6 is 0 Å². The van der Waals surface area contributed by atoms with Crippen molar-refractivity contribution in [1.82, 2.24) is 14.4 Å². The second kappa shape index (κ2) is 14.2. The van der Waals surface area contributed by atoms with Gasteiger partial charge >= 0.3 is 6.09 Å². The van der Waals surface area contributed by atoms with Gasteiger partial charge in [-0.1, -0.05) is 42.5 Å². The number of carbonyl (C=O) groups excluding carboxylic acids is 2. The van der Waals surface area contributed by atoms with Gasteiger partial charge in [-0.25, -0.2) is 4.79 Å². The zero-order chi connectivity index (χ0) is 31.1. The summed E-state index contributed by atoms with van der Waals surface area (Å²) < 4.78 is 13.9. The average molecular weight is 579 g/mol. The first kappa shape index (κ1) is 33.1. The van der Waals surface area contributed by atoms with E-state index >= 15 is 0 Å². The van der Waals surface area contributed by atoms with E-state index in [1.807, 2.05) is 71.9 Å². The van der Waals surface area contributed by atoms with Crippen molar-refractivity contribution in [3.63, 3.8) is 0 Å². The lowest BCUT2D eigenvalue weighted by Gasteiger charge is -2.37. The van der Waals surface area contributed by atoms with Gasteiger partial charge in [-0.05, 0) is 74.0 Å². The summed E-state index contributed by atoms with van der Waals surface area (Å²) in [6.45, 7) is 22.2. The zero-order valence-corrected chi connectivity index (χ0v) is 27.0. The maximum absolute atomic E-state index is 13.0. The van der Waals surface area contributed by atoms with Crippen LogP contribution in [0.25, 0.3) is 10.9 Å². The monoisotopic (exact) mass is 578 g/mol. The number of benzene rings is 1. The summed E-state index contributed by atoms with van der Waals surface area (Å²) in [5, 5.41) is 0.957. The molecule has 0 spiro atoms. The van der Waals surface area contributed by atoms with Gasteiger partial charge in [-0.3, -0.25) is 14.6 Å². The minimum Gasteiger partial charge on any atom is -0.443 e. The number of ether oxygens (including phenoxy) is 2. The van der Waals surface area contributed by atoms with E-state index in [9.17, 15) is 9.59 Å². The first-order chi connectivity index (χ1) is 19.8. The third kappa shape index (κ3) is 8.58. The second-order valence-corrected chi connectivity index (χ2v) is 12.7. The molecule has 0 aliphatic carbocycles. The van der Waals surface area contributed by atoms with Gasteiger partial charge in [0.25, 0.3) is 0 Å². The molecular weight excluding hydrogens is 528 g/mol. The Kier molecular flexibility index (Phi) is 11.2. The van der Waals surface area contributed by atoms with Crippen molar-refractivity contribution in [2.45, 2.75) is 86.1 Å². The Hall–Kier alpha value is -3.36. The Morgan fingerprint density at radius 2 is 1.69 bits per heavy atom. The molecule has 2 heterocycles. The fourth-order valence-electron chi connectivity index (χ4n) is 5.09. The lowest BCUT2D eigenvalue weighted by Crippen LogP contribution is -2.48. The van der Waals surface area contributed by atoms with Gasteiger partial charge in [0.15, 0.2) is 6.29 Å². The van der Waals surface area contributed by atoms with Crippen LogP contribution < -0.4 is 4.90 Å². The van der Waals surface area contributed by atoms with Crippen LogP contribution in [0.1, 0.15) is 72.7 Å². The Morgan fingerprint density at radius 3 is 2.26 bits per heavy atom. The Labute approximate surface area is 252 Å². The van der Waals surface area contributed by atoms with Crippen molar-refractivity contribution in [3.8, 4) is 0 Å². The van der Waals surface area contributed by atoms with Crippen molar-refractivity contribution in [1.29, 1.82) is 0 Å². The van der Waals surface area contributed by atoms with Crippen LogP contribution in [0.2, 0.25) is 0 Å². The first-order valence-corrected chi connectivity index (χ1v) is 14.9. The van der Waals surface area contributed by atoms with E-state index in [0.29, 0.717) is 13.3 Å². The topological polar surface area (TPSA) is 67.2 Å². The molecule has 0 N–H and O–H groups in total. The SMILES string of the molecule is C/C=C\N(C(=O)OC(C)(C)C)C(C)C(/C=C\Cn1c(N2CCN(COC(C)(C)C)CC2)c(C=O)c2ccccc21)=C/C. The number of hydrogen-bond donors (Lipinski definition) is 0. The molecule has 1 amide bonds.